The summed E-state index contributed by atoms with van der Waals surface area (Å²) in [5.74, 6) is -0.00116. The van der Waals surface area contributed by atoms with Crippen LogP contribution in [0.3, 0.4) is 0 Å². The molecule has 2 aromatic rings. The molecule has 96 valence electrons. The molecule has 0 heterocycles. The van der Waals surface area contributed by atoms with E-state index in [1.165, 1.54) is 6.07 Å². The summed E-state index contributed by atoms with van der Waals surface area (Å²) < 4.78 is 0. The molecule has 0 fully saturated rings. The van der Waals surface area contributed by atoms with Crippen molar-refractivity contribution < 1.29 is 9.72 Å². The number of benzene rings is 2. The Kier molecular flexibility index (Phi) is 4.03. The summed E-state index contributed by atoms with van der Waals surface area (Å²) in [6, 6.07) is 15.5. The van der Waals surface area contributed by atoms with Gasteiger partial charge in [0.2, 0.25) is 0 Å². The van der Waals surface area contributed by atoms with Gasteiger partial charge in [0.1, 0.15) is 0 Å². The zero-order valence-electron chi connectivity index (χ0n) is 10.3. The van der Waals surface area contributed by atoms with Gasteiger partial charge in [-0.25, -0.2) is 0 Å². The van der Waals surface area contributed by atoms with E-state index in [9.17, 15) is 14.9 Å². The molecule has 19 heavy (non-hydrogen) atoms. The van der Waals surface area contributed by atoms with Crippen LogP contribution in [0.5, 0.6) is 0 Å². The van der Waals surface area contributed by atoms with E-state index >= 15 is 0 Å². The smallest absolute Gasteiger partial charge is 0.272 e. The average Bonchev–Trinajstić information content (AvgIpc) is 2.46. The molecule has 0 spiro atoms. The first-order chi connectivity index (χ1) is 9.18. The fourth-order valence-corrected chi connectivity index (χ4v) is 1.92. The number of nitrogens with zero attached hydrogens (tertiary/aromatic N) is 1. The zero-order valence-corrected chi connectivity index (χ0v) is 10.3. The zero-order chi connectivity index (χ0) is 13.7. The number of nitro benzene ring substituents is 1. The Labute approximate surface area is 110 Å². The Bertz CT molecular complexity index is 593. The van der Waals surface area contributed by atoms with Crippen LogP contribution < -0.4 is 0 Å². The lowest BCUT2D eigenvalue weighted by Crippen LogP contribution is -2.02. The van der Waals surface area contributed by atoms with Crippen LogP contribution in [0.1, 0.15) is 22.3 Å². The highest BCUT2D eigenvalue weighted by molar-refractivity contribution is 5.96. The van der Waals surface area contributed by atoms with Crippen molar-refractivity contribution in [3.63, 3.8) is 0 Å². The van der Waals surface area contributed by atoms with E-state index in [-0.39, 0.29) is 17.9 Å². The van der Waals surface area contributed by atoms with Gasteiger partial charge in [-0.1, -0.05) is 48.5 Å². The summed E-state index contributed by atoms with van der Waals surface area (Å²) in [7, 11) is 0. The Balaban J connectivity index is 2.07. The second-order valence-electron chi connectivity index (χ2n) is 4.18. The third kappa shape index (κ3) is 3.25. The number of aryl methyl sites for hydroxylation is 1. The number of carbonyl (C=O) groups is 1. The van der Waals surface area contributed by atoms with Crippen LogP contribution in [0.25, 0.3) is 0 Å². The molecule has 0 N–H and O–H groups in total. The van der Waals surface area contributed by atoms with Gasteiger partial charge in [-0.05, 0) is 6.42 Å². The largest absolute Gasteiger partial charge is 0.294 e. The Morgan fingerprint density at radius 3 is 2.32 bits per heavy atom. The van der Waals surface area contributed by atoms with Crippen LogP contribution in [-0.2, 0) is 6.42 Å². The van der Waals surface area contributed by atoms with Crippen molar-refractivity contribution in [3.05, 3.63) is 75.8 Å². The molecule has 0 amide bonds. The molecule has 0 radical (unpaired) electrons. The summed E-state index contributed by atoms with van der Waals surface area (Å²) in [5, 5.41) is 10.9. The van der Waals surface area contributed by atoms with Crippen LogP contribution in [0.4, 0.5) is 5.69 Å². The van der Waals surface area contributed by atoms with Gasteiger partial charge in [0, 0.05) is 23.6 Å². The van der Waals surface area contributed by atoms with Crippen LogP contribution in [0.15, 0.2) is 54.6 Å². The van der Waals surface area contributed by atoms with Gasteiger partial charge >= 0.3 is 0 Å². The lowest BCUT2D eigenvalue weighted by Gasteiger charge is -2.03. The molecular formula is C15H13NO3. The molecular weight excluding hydrogens is 242 g/mol. The van der Waals surface area contributed by atoms with Crippen molar-refractivity contribution in [3.8, 4) is 0 Å². The maximum absolute atomic E-state index is 11.9. The molecule has 4 heteroatoms. The Morgan fingerprint density at radius 1 is 1.00 bits per heavy atom. The molecule has 2 aromatic carbocycles. The molecule has 0 aliphatic carbocycles. The molecule has 0 saturated carbocycles. The highest BCUT2D eigenvalue weighted by atomic mass is 16.6. The van der Waals surface area contributed by atoms with Crippen LogP contribution in [0, 0.1) is 10.1 Å². The highest BCUT2D eigenvalue weighted by Crippen LogP contribution is 2.19. The first-order valence-electron chi connectivity index (χ1n) is 5.99. The maximum Gasteiger partial charge on any atom is 0.272 e. The molecule has 0 bridgehead atoms. The van der Waals surface area contributed by atoms with E-state index in [0.717, 1.165) is 0 Å². The average molecular weight is 255 g/mol. The SMILES string of the molecule is O=C(CCc1ccccc1[N+](=O)[O-])c1ccccc1. The molecule has 0 aliphatic heterocycles. The number of hydrogen-bond donors (Lipinski definition) is 0. The number of nitro groups is 1. The first-order valence-corrected chi connectivity index (χ1v) is 5.99. The number of para-hydroxylation sites is 1. The lowest BCUT2D eigenvalue weighted by atomic mass is 10.0. The predicted molar refractivity (Wildman–Crippen MR) is 72.2 cm³/mol. The van der Waals surface area contributed by atoms with Gasteiger partial charge in [-0.15, -0.1) is 0 Å². The van der Waals surface area contributed by atoms with Crippen molar-refractivity contribution in [1.29, 1.82) is 0 Å². The minimum Gasteiger partial charge on any atom is -0.294 e. The van der Waals surface area contributed by atoms with Crippen molar-refractivity contribution in [2.24, 2.45) is 0 Å². The lowest BCUT2D eigenvalue weighted by molar-refractivity contribution is -0.385. The van der Waals surface area contributed by atoms with E-state index in [4.69, 9.17) is 0 Å². The molecule has 2 rings (SSSR count). The monoisotopic (exact) mass is 255 g/mol. The van der Waals surface area contributed by atoms with E-state index < -0.39 is 4.92 Å². The minimum absolute atomic E-state index is 0.00116. The first kappa shape index (κ1) is 13.0. The van der Waals surface area contributed by atoms with Gasteiger partial charge in [0.25, 0.3) is 5.69 Å². The van der Waals surface area contributed by atoms with E-state index in [2.05, 4.69) is 0 Å². The second-order valence-corrected chi connectivity index (χ2v) is 4.18. The van der Waals surface area contributed by atoms with E-state index in [0.29, 0.717) is 17.5 Å². The molecule has 0 atom stereocenters. The number of rotatable bonds is 5. The van der Waals surface area contributed by atoms with Crippen LogP contribution in [-0.4, -0.2) is 10.7 Å². The number of carbonyl (C=O) groups excluding carboxylic acids is 1. The standard InChI is InChI=1S/C15H13NO3/c17-15(13-7-2-1-3-8-13)11-10-12-6-4-5-9-14(12)16(18)19/h1-9H,10-11H2. The molecule has 4 nitrogen and oxygen atoms in total. The van der Waals surface area contributed by atoms with Gasteiger partial charge in [-0.3, -0.25) is 14.9 Å². The topological polar surface area (TPSA) is 60.2 Å². The highest BCUT2D eigenvalue weighted by Gasteiger charge is 2.13. The van der Waals surface area contributed by atoms with Crippen molar-refractivity contribution >= 4 is 11.5 Å². The Hall–Kier alpha value is -2.49. The number of ketones is 1. The number of Topliss-reactive ketones (excluding diaryl/α,β-unsaturated/α-hetero) is 1. The van der Waals surface area contributed by atoms with Crippen molar-refractivity contribution in [2.45, 2.75) is 12.8 Å². The summed E-state index contributed by atoms with van der Waals surface area (Å²) in [6.07, 6.45) is 0.653. The van der Waals surface area contributed by atoms with E-state index in [1.807, 2.05) is 6.07 Å². The maximum atomic E-state index is 11.9. The van der Waals surface area contributed by atoms with Crippen molar-refractivity contribution in [1.82, 2.24) is 0 Å². The molecule has 0 aromatic heterocycles. The van der Waals surface area contributed by atoms with E-state index in [1.54, 1.807) is 42.5 Å². The Morgan fingerprint density at radius 2 is 1.63 bits per heavy atom. The van der Waals surface area contributed by atoms with Gasteiger partial charge in [0.15, 0.2) is 5.78 Å². The summed E-state index contributed by atoms with van der Waals surface area (Å²) in [5.41, 5.74) is 1.31. The molecule has 0 saturated heterocycles. The quantitative estimate of drug-likeness (QED) is 0.467. The van der Waals surface area contributed by atoms with Crippen molar-refractivity contribution in [2.75, 3.05) is 0 Å². The van der Waals surface area contributed by atoms with Gasteiger partial charge < -0.3 is 0 Å². The molecule has 0 unspecified atom stereocenters. The minimum atomic E-state index is -0.414. The second kappa shape index (κ2) is 5.91. The summed E-state index contributed by atoms with van der Waals surface area (Å²) in [4.78, 5) is 22.4. The van der Waals surface area contributed by atoms with Crippen LogP contribution >= 0.6 is 0 Å². The summed E-state index contributed by atoms with van der Waals surface area (Å²) in [6.45, 7) is 0. The molecule has 0 aliphatic rings. The predicted octanol–water partition coefficient (Wildman–Crippen LogP) is 3.41. The third-order valence-corrected chi connectivity index (χ3v) is 2.91. The fourth-order valence-electron chi connectivity index (χ4n) is 1.92. The summed E-state index contributed by atoms with van der Waals surface area (Å²) >= 11 is 0. The van der Waals surface area contributed by atoms with Crippen LogP contribution in [0.2, 0.25) is 0 Å². The fraction of sp³-hybridized carbons (Fsp3) is 0.133. The number of hydrogen-bond acceptors (Lipinski definition) is 3. The third-order valence-electron chi connectivity index (χ3n) is 2.91. The van der Waals surface area contributed by atoms with Gasteiger partial charge in [0.05, 0.1) is 4.92 Å². The normalized spacial score (nSPS) is 10.1. The van der Waals surface area contributed by atoms with Gasteiger partial charge in [-0.2, -0.15) is 0 Å².